The summed E-state index contributed by atoms with van der Waals surface area (Å²) in [6.07, 6.45) is 4.96. The van der Waals surface area contributed by atoms with Gasteiger partial charge in [0.15, 0.2) is 0 Å². The Balaban J connectivity index is 1.66. The Morgan fingerprint density at radius 3 is 2.42 bits per heavy atom. The fraction of sp³-hybridized carbons (Fsp3) is 0.650. The van der Waals surface area contributed by atoms with E-state index < -0.39 is 0 Å². The van der Waals surface area contributed by atoms with Gasteiger partial charge in [-0.2, -0.15) is 0 Å². The quantitative estimate of drug-likeness (QED) is 0.830. The number of likely N-dealkylation sites (N-methyl/N-ethyl adjacent to an activating group) is 1. The number of likely N-dealkylation sites (tertiary alicyclic amines) is 2. The Morgan fingerprint density at radius 1 is 1.12 bits per heavy atom. The molecule has 1 aromatic carbocycles. The van der Waals surface area contributed by atoms with Gasteiger partial charge in [-0.05, 0) is 70.8 Å². The fourth-order valence-corrected chi connectivity index (χ4v) is 4.04. The molecule has 0 N–H and O–H groups in total. The third-order valence-electron chi connectivity index (χ3n) is 5.37. The molecule has 2 aliphatic heterocycles. The van der Waals surface area contributed by atoms with Gasteiger partial charge in [-0.1, -0.05) is 12.1 Å². The molecule has 0 radical (unpaired) electrons. The summed E-state index contributed by atoms with van der Waals surface area (Å²) < 4.78 is 5.62. The van der Waals surface area contributed by atoms with Crippen molar-refractivity contribution in [1.82, 2.24) is 9.80 Å². The third kappa shape index (κ3) is 3.81. The molecule has 0 bridgehead atoms. The van der Waals surface area contributed by atoms with Crippen molar-refractivity contribution < 1.29 is 9.53 Å². The normalized spacial score (nSPS) is 24.9. The Morgan fingerprint density at radius 2 is 1.79 bits per heavy atom. The number of rotatable bonds is 5. The van der Waals surface area contributed by atoms with Crippen LogP contribution in [0.5, 0.6) is 0 Å². The number of hydrogen-bond donors (Lipinski definition) is 0. The zero-order chi connectivity index (χ0) is 17.1. The van der Waals surface area contributed by atoms with Gasteiger partial charge in [-0.15, -0.1) is 0 Å². The number of nitrogens with zero attached hydrogens (tertiary/aromatic N) is 2. The zero-order valence-corrected chi connectivity index (χ0v) is 15.2. The monoisotopic (exact) mass is 330 g/mol. The molecule has 24 heavy (non-hydrogen) atoms. The average Bonchev–Trinajstić information content (AvgIpc) is 3.21. The van der Waals surface area contributed by atoms with Crippen molar-refractivity contribution >= 4 is 5.91 Å². The minimum Gasteiger partial charge on any atom is -0.374 e. The van der Waals surface area contributed by atoms with E-state index in [0.29, 0.717) is 18.7 Å². The minimum absolute atomic E-state index is 0.189. The van der Waals surface area contributed by atoms with Gasteiger partial charge >= 0.3 is 0 Å². The van der Waals surface area contributed by atoms with E-state index in [4.69, 9.17) is 4.74 Å². The Kier molecular flexibility index (Phi) is 5.57. The number of amides is 1. The van der Waals surface area contributed by atoms with E-state index in [1.165, 1.54) is 12.8 Å². The fourth-order valence-electron chi connectivity index (χ4n) is 4.04. The van der Waals surface area contributed by atoms with E-state index in [1.807, 2.05) is 38.1 Å². The largest absolute Gasteiger partial charge is 0.374 e. The van der Waals surface area contributed by atoms with Crippen LogP contribution in [-0.2, 0) is 11.3 Å². The first kappa shape index (κ1) is 17.4. The first-order valence-corrected chi connectivity index (χ1v) is 9.28. The van der Waals surface area contributed by atoms with Crippen LogP contribution in [0, 0.1) is 0 Å². The molecule has 3 rings (SSSR count). The average molecular weight is 330 g/mol. The van der Waals surface area contributed by atoms with Crippen LogP contribution < -0.4 is 0 Å². The van der Waals surface area contributed by atoms with Crippen LogP contribution in [0.15, 0.2) is 24.3 Å². The summed E-state index contributed by atoms with van der Waals surface area (Å²) in [5.74, 6) is 0.189. The van der Waals surface area contributed by atoms with Gasteiger partial charge in [0.1, 0.15) is 0 Å². The summed E-state index contributed by atoms with van der Waals surface area (Å²) in [7, 11) is 2.20. The molecule has 2 fully saturated rings. The molecule has 2 aliphatic rings. The highest BCUT2D eigenvalue weighted by Crippen LogP contribution is 2.30. The van der Waals surface area contributed by atoms with E-state index >= 15 is 0 Å². The van der Waals surface area contributed by atoms with Gasteiger partial charge in [0.2, 0.25) is 0 Å². The van der Waals surface area contributed by atoms with Crippen LogP contribution in [0.2, 0.25) is 0 Å². The molecule has 0 aromatic heterocycles. The maximum absolute atomic E-state index is 13.0. The van der Waals surface area contributed by atoms with E-state index in [0.717, 1.165) is 37.1 Å². The zero-order valence-electron chi connectivity index (χ0n) is 15.2. The van der Waals surface area contributed by atoms with E-state index in [9.17, 15) is 4.79 Å². The molecule has 1 aromatic rings. The molecule has 1 amide bonds. The second-order valence-corrected chi connectivity index (χ2v) is 7.45. The van der Waals surface area contributed by atoms with Crippen LogP contribution in [0.25, 0.3) is 0 Å². The van der Waals surface area contributed by atoms with Gasteiger partial charge in [0.05, 0.1) is 12.7 Å². The predicted octanol–water partition coefficient (Wildman–Crippen LogP) is 3.31. The van der Waals surface area contributed by atoms with Crippen LogP contribution in [-0.4, -0.2) is 54.0 Å². The van der Waals surface area contributed by atoms with Gasteiger partial charge < -0.3 is 14.5 Å². The van der Waals surface area contributed by atoms with E-state index in [1.54, 1.807) is 0 Å². The van der Waals surface area contributed by atoms with E-state index in [-0.39, 0.29) is 12.0 Å². The van der Waals surface area contributed by atoms with Crippen LogP contribution in [0.1, 0.15) is 55.5 Å². The molecule has 0 aliphatic carbocycles. The molecule has 4 nitrogen and oxygen atoms in total. The van der Waals surface area contributed by atoms with Gasteiger partial charge in [-0.25, -0.2) is 0 Å². The highest BCUT2D eigenvalue weighted by atomic mass is 16.5. The number of carbonyl (C=O) groups is 1. The maximum atomic E-state index is 13.0. The molecular weight excluding hydrogens is 300 g/mol. The SMILES string of the molecule is CC(C)OCc1ccc(C(=O)N2CCC[C@@H]2[C@@H]2CCCN2C)cc1. The number of hydrogen-bond acceptors (Lipinski definition) is 3. The van der Waals surface area contributed by atoms with Crippen molar-refractivity contribution in [3.8, 4) is 0 Å². The Hall–Kier alpha value is -1.39. The molecule has 4 heteroatoms. The predicted molar refractivity (Wildman–Crippen MR) is 96.1 cm³/mol. The molecule has 0 spiro atoms. The van der Waals surface area contributed by atoms with Crippen LogP contribution in [0.3, 0.4) is 0 Å². The van der Waals surface area contributed by atoms with Crippen molar-refractivity contribution in [1.29, 1.82) is 0 Å². The molecule has 132 valence electrons. The summed E-state index contributed by atoms with van der Waals surface area (Å²) in [6.45, 7) is 6.72. The molecule has 2 atom stereocenters. The second-order valence-electron chi connectivity index (χ2n) is 7.45. The number of carbonyl (C=O) groups excluding carboxylic acids is 1. The minimum atomic E-state index is 0.189. The molecule has 2 saturated heterocycles. The number of ether oxygens (including phenoxy) is 1. The first-order chi connectivity index (χ1) is 11.6. The summed E-state index contributed by atoms with van der Waals surface area (Å²) in [6, 6.07) is 8.86. The topological polar surface area (TPSA) is 32.8 Å². The molecule has 0 unspecified atom stereocenters. The molecular formula is C20H30N2O2. The lowest BCUT2D eigenvalue weighted by Gasteiger charge is -2.33. The van der Waals surface area contributed by atoms with Crippen molar-refractivity contribution in [3.63, 3.8) is 0 Å². The lowest BCUT2D eigenvalue weighted by Crippen LogP contribution is -2.47. The molecule has 0 saturated carbocycles. The first-order valence-electron chi connectivity index (χ1n) is 9.28. The Labute approximate surface area is 145 Å². The van der Waals surface area contributed by atoms with Crippen LogP contribution in [0.4, 0.5) is 0 Å². The molecule has 2 heterocycles. The smallest absolute Gasteiger partial charge is 0.254 e. The summed E-state index contributed by atoms with van der Waals surface area (Å²) in [5, 5.41) is 0. The van der Waals surface area contributed by atoms with Gasteiger partial charge in [0, 0.05) is 24.2 Å². The lowest BCUT2D eigenvalue weighted by molar-refractivity contribution is 0.0648. The highest BCUT2D eigenvalue weighted by molar-refractivity contribution is 5.94. The summed E-state index contributed by atoms with van der Waals surface area (Å²) in [5.41, 5.74) is 1.92. The van der Waals surface area contributed by atoms with Gasteiger partial charge in [-0.3, -0.25) is 4.79 Å². The third-order valence-corrected chi connectivity index (χ3v) is 5.37. The van der Waals surface area contributed by atoms with Crippen molar-refractivity contribution in [2.75, 3.05) is 20.1 Å². The van der Waals surface area contributed by atoms with Crippen molar-refractivity contribution in [2.24, 2.45) is 0 Å². The summed E-state index contributed by atoms with van der Waals surface area (Å²) >= 11 is 0. The second kappa shape index (κ2) is 7.66. The van der Waals surface area contributed by atoms with Crippen molar-refractivity contribution in [2.45, 2.75) is 64.3 Å². The van der Waals surface area contributed by atoms with Gasteiger partial charge in [0.25, 0.3) is 5.91 Å². The summed E-state index contributed by atoms with van der Waals surface area (Å²) in [4.78, 5) is 17.5. The Bertz CT molecular complexity index is 555. The number of benzene rings is 1. The van der Waals surface area contributed by atoms with Crippen molar-refractivity contribution in [3.05, 3.63) is 35.4 Å². The highest BCUT2D eigenvalue weighted by Gasteiger charge is 2.38. The van der Waals surface area contributed by atoms with Crippen LogP contribution >= 0.6 is 0 Å². The standard InChI is InChI=1S/C20H30N2O2/c1-15(2)24-14-16-8-10-17(11-9-16)20(23)22-13-5-7-19(22)18-6-4-12-21(18)3/h8-11,15,18-19H,4-7,12-14H2,1-3H3/t18-,19+/m0/s1. The van der Waals surface area contributed by atoms with E-state index in [2.05, 4.69) is 16.8 Å². The lowest BCUT2D eigenvalue weighted by atomic mass is 10.0. The maximum Gasteiger partial charge on any atom is 0.254 e.